The van der Waals surface area contributed by atoms with Gasteiger partial charge in [0.15, 0.2) is 0 Å². The molecule has 0 saturated carbocycles. The Morgan fingerprint density at radius 2 is 2.36 bits per heavy atom. The third-order valence-electron chi connectivity index (χ3n) is 1.56. The number of nitrogens with zero attached hydrogens (tertiary/aromatic N) is 2. The lowest BCUT2D eigenvalue weighted by Crippen LogP contribution is -2.11. The van der Waals surface area contributed by atoms with Crippen molar-refractivity contribution in [3.8, 4) is 0 Å². The summed E-state index contributed by atoms with van der Waals surface area (Å²) in [4.78, 5) is 8.06. The second-order valence-electron chi connectivity index (χ2n) is 2.53. The average Bonchev–Trinajstić information content (AvgIpc) is 2.07. The molecule has 0 aliphatic heterocycles. The van der Waals surface area contributed by atoms with Crippen molar-refractivity contribution in [1.82, 2.24) is 9.97 Å². The zero-order valence-electron chi connectivity index (χ0n) is 6.70. The predicted octanol–water partition coefficient (Wildman–Crippen LogP) is 1.28. The monoisotopic (exact) mass is 151 g/mol. The molecule has 11 heavy (non-hydrogen) atoms. The van der Waals surface area contributed by atoms with Gasteiger partial charge in [-0.2, -0.15) is 0 Å². The minimum Gasteiger partial charge on any atom is -0.323 e. The average molecular weight is 151 g/mol. The van der Waals surface area contributed by atoms with Crippen molar-refractivity contribution < 1.29 is 0 Å². The Morgan fingerprint density at radius 3 is 2.91 bits per heavy atom. The summed E-state index contributed by atoms with van der Waals surface area (Å²) in [5.41, 5.74) is 6.69. The summed E-state index contributed by atoms with van der Waals surface area (Å²) < 4.78 is 0. The van der Waals surface area contributed by atoms with Crippen LogP contribution in [0.3, 0.4) is 0 Å². The van der Waals surface area contributed by atoms with Crippen molar-refractivity contribution >= 4 is 0 Å². The molecule has 0 unspecified atom stereocenters. The van der Waals surface area contributed by atoms with Gasteiger partial charge in [0.25, 0.3) is 0 Å². The maximum atomic E-state index is 5.80. The first kappa shape index (κ1) is 8.14. The Balaban J connectivity index is 2.61. The predicted molar refractivity (Wildman–Crippen MR) is 43.9 cm³/mol. The zero-order chi connectivity index (χ0) is 8.10. The van der Waals surface area contributed by atoms with E-state index in [2.05, 4.69) is 16.9 Å². The van der Waals surface area contributed by atoms with Crippen LogP contribution in [0.25, 0.3) is 0 Å². The molecule has 3 heteroatoms. The van der Waals surface area contributed by atoms with Crippen LogP contribution >= 0.6 is 0 Å². The number of aromatic nitrogens is 2. The summed E-state index contributed by atoms with van der Waals surface area (Å²) in [6.07, 6.45) is 7.10. The van der Waals surface area contributed by atoms with E-state index in [0.29, 0.717) is 0 Å². The van der Waals surface area contributed by atoms with Gasteiger partial charge in [-0.1, -0.05) is 13.3 Å². The van der Waals surface area contributed by atoms with Gasteiger partial charge >= 0.3 is 0 Å². The van der Waals surface area contributed by atoms with Crippen molar-refractivity contribution in [2.24, 2.45) is 5.73 Å². The van der Waals surface area contributed by atoms with E-state index in [0.717, 1.165) is 18.5 Å². The van der Waals surface area contributed by atoms with Crippen LogP contribution in [0.4, 0.5) is 0 Å². The summed E-state index contributed by atoms with van der Waals surface area (Å²) in [5.74, 6) is 0. The number of hydrogen-bond donors (Lipinski definition) is 1. The zero-order valence-corrected chi connectivity index (χ0v) is 6.70. The molecule has 0 aromatic carbocycles. The van der Waals surface area contributed by atoms with Gasteiger partial charge in [-0.25, -0.2) is 0 Å². The summed E-state index contributed by atoms with van der Waals surface area (Å²) >= 11 is 0. The molecular weight excluding hydrogens is 138 g/mol. The van der Waals surface area contributed by atoms with Gasteiger partial charge in [-0.05, 0) is 6.42 Å². The summed E-state index contributed by atoms with van der Waals surface area (Å²) in [6.45, 7) is 2.11. The summed E-state index contributed by atoms with van der Waals surface area (Å²) in [7, 11) is 0. The minimum atomic E-state index is 0.0497. The van der Waals surface area contributed by atoms with E-state index in [9.17, 15) is 0 Å². The minimum absolute atomic E-state index is 0.0497. The molecule has 0 spiro atoms. The largest absolute Gasteiger partial charge is 0.323 e. The summed E-state index contributed by atoms with van der Waals surface area (Å²) in [5, 5.41) is 0. The van der Waals surface area contributed by atoms with Gasteiger partial charge in [0.2, 0.25) is 0 Å². The first-order valence-corrected chi connectivity index (χ1v) is 3.86. The Hall–Kier alpha value is -0.960. The molecule has 1 aromatic rings. The van der Waals surface area contributed by atoms with Crippen LogP contribution in [0.15, 0.2) is 18.6 Å². The SMILES string of the molecule is CCC[C@@H](N)c1cnccn1. The molecule has 0 radical (unpaired) electrons. The standard InChI is InChI=1S/C8H13N3/c1-2-3-7(9)8-6-10-4-5-11-8/h4-7H,2-3,9H2,1H3/t7-/m1/s1. The van der Waals surface area contributed by atoms with Gasteiger partial charge in [0.1, 0.15) is 0 Å². The third kappa shape index (κ3) is 2.27. The molecule has 60 valence electrons. The van der Waals surface area contributed by atoms with Crippen molar-refractivity contribution in [2.75, 3.05) is 0 Å². The smallest absolute Gasteiger partial charge is 0.0753 e. The second kappa shape index (κ2) is 4.03. The number of nitrogens with two attached hydrogens (primary N) is 1. The van der Waals surface area contributed by atoms with Gasteiger partial charge in [0, 0.05) is 24.6 Å². The molecule has 0 aliphatic rings. The quantitative estimate of drug-likeness (QED) is 0.707. The van der Waals surface area contributed by atoms with E-state index >= 15 is 0 Å². The third-order valence-corrected chi connectivity index (χ3v) is 1.56. The van der Waals surface area contributed by atoms with Crippen LogP contribution in [0.2, 0.25) is 0 Å². The molecule has 1 heterocycles. The lowest BCUT2D eigenvalue weighted by atomic mass is 10.1. The molecule has 1 atom stereocenters. The Bertz CT molecular complexity index is 198. The molecule has 0 fully saturated rings. The maximum Gasteiger partial charge on any atom is 0.0753 e. The van der Waals surface area contributed by atoms with Gasteiger partial charge in [-0.15, -0.1) is 0 Å². The number of rotatable bonds is 3. The van der Waals surface area contributed by atoms with Crippen molar-refractivity contribution in [1.29, 1.82) is 0 Å². The molecule has 0 bridgehead atoms. The molecule has 2 N–H and O–H groups in total. The highest BCUT2D eigenvalue weighted by Gasteiger charge is 2.04. The van der Waals surface area contributed by atoms with Gasteiger partial charge in [0.05, 0.1) is 5.69 Å². The first-order valence-electron chi connectivity index (χ1n) is 3.86. The Labute approximate surface area is 66.7 Å². The normalized spacial score (nSPS) is 12.9. The fourth-order valence-electron chi connectivity index (χ4n) is 0.961. The maximum absolute atomic E-state index is 5.80. The molecule has 0 aliphatic carbocycles. The molecule has 3 nitrogen and oxygen atoms in total. The lowest BCUT2D eigenvalue weighted by Gasteiger charge is -2.07. The lowest BCUT2D eigenvalue weighted by molar-refractivity contribution is 0.618. The molecular formula is C8H13N3. The van der Waals surface area contributed by atoms with Gasteiger partial charge in [-0.3, -0.25) is 9.97 Å². The summed E-state index contributed by atoms with van der Waals surface area (Å²) in [6, 6.07) is 0.0497. The van der Waals surface area contributed by atoms with E-state index in [-0.39, 0.29) is 6.04 Å². The van der Waals surface area contributed by atoms with Crippen molar-refractivity contribution in [3.05, 3.63) is 24.3 Å². The van der Waals surface area contributed by atoms with Gasteiger partial charge < -0.3 is 5.73 Å². The van der Waals surface area contributed by atoms with E-state index in [1.165, 1.54) is 0 Å². The first-order chi connectivity index (χ1) is 5.34. The fraction of sp³-hybridized carbons (Fsp3) is 0.500. The molecule has 1 aromatic heterocycles. The topological polar surface area (TPSA) is 51.8 Å². The molecule has 1 rings (SSSR count). The van der Waals surface area contributed by atoms with Crippen LogP contribution in [0.1, 0.15) is 31.5 Å². The highest BCUT2D eigenvalue weighted by molar-refractivity contribution is 5.00. The Morgan fingerprint density at radius 1 is 1.55 bits per heavy atom. The van der Waals surface area contributed by atoms with Crippen LogP contribution in [0.5, 0.6) is 0 Å². The van der Waals surface area contributed by atoms with E-state index in [1.807, 2.05) is 0 Å². The van der Waals surface area contributed by atoms with E-state index < -0.39 is 0 Å². The van der Waals surface area contributed by atoms with E-state index in [1.54, 1.807) is 18.6 Å². The van der Waals surface area contributed by atoms with Crippen LogP contribution in [-0.2, 0) is 0 Å². The highest BCUT2D eigenvalue weighted by atomic mass is 14.8. The van der Waals surface area contributed by atoms with Crippen LogP contribution < -0.4 is 5.73 Å². The van der Waals surface area contributed by atoms with Crippen molar-refractivity contribution in [3.63, 3.8) is 0 Å². The molecule has 0 saturated heterocycles. The van der Waals surface area contributed by atoms with E-state index in [4.69, 9.17) is 5.73 Å². The molecule has 0 amide bonds. The highest BCUT2D eigenvalue weighted by Crippen LogP contribution is 2.10. The van der Waals surface area contributed by atoms with Crippen LogP contribution in [0, 0.1) is 0 Å². The van der Waals surface area contributed by atoms with Crippen molar-refractivity contribution in [2.45, 2.75) is 25.8 Å². The number of hydrogen-bond acceptors (Lipinski definition) is 3. The Kier molecular flexibility index (Phi) is 2.98. The van der Waals surface area contributed by atoms with Crippen LogP contribution in [-0.4, -0.2) is 9.97 Å². The second-order valence-corrected chi connectivity index (χ2v) is 2.53. The fourth-order valence-corrected chi connectivity index (χ4v) is 0.961.